The molecule has 0 radical (unpaired) electrons. The van der Waals surface area contributed by atoms with Crippen molar-refractivity contribution >= 4 is 27.7 Å². The lowest BCUT2D eigenvalue weighted by molar-refractivity contribution is -0.137. The molecule has 1 amide bonds. The van der Waals surface area contributed by atoms with Gasteiger partial charge in [-0.05, 0) is 55.5 Å². The minimum Gasteiger partial charge on any atom is -0.459 e. The molecule has 0 atom stereocenters. The second kappa shape index (κ2) is 8.83. The van der Waals surface area contributed by atoms with Crippen LogP contribution < -0.4 is 4.90 Å². The fourth-order valence-electron chi connectivity index (χ4n) is 4.27. The summed E-state index contributed by atoms with van der Waals surface area (Å²) in [7, 11) is 0. The number of halogens is 1. The molecule has 2 fully saturated rings. The lowest BCUT2D eigenvalue weighted by Gasteiger charge is -2.34. The van der Waals surface area contributed by atoms with Gasteiger partial charge in [0.2, 0.25) is 17.5 Å². The van der Waals surface area contributed by atoms with E-state index in [-0.39, 0.29) is 17.5 Å². The number of nitriles is 1. The summed E-state index contributed by atoms with van der Waals surface area (Å²) in [4.78, 5) is 21.7. The Kier molecular flexibility index (Phi) is 5.75. The molecule has 3 aromatic rings. The maximum atomic E-state index is 13.4. The highest BCUT2D eigenvalue weighted by molar-refractivity contribution is 9.10. The molecule has 8 heteroatoms. The number of nitrogens with zero attached hydrogens (tertiary/aromatic N) is 4. The predicted molar refractivity (Wildman–Crippen MR) is 122 cm³/mol. The van der Waals surface area contributed by atoms with Crippen LogP contribution in [0.4, 0.5) is 5.88 Å². The van der Waals surface area contributed by atoms with Crippen molar-refractivity contribution in [3.8, 4) is 17.7 Å². The third-order valence-corrected chi connectivity index (χ3v) is 6.58. The largest absolute Gasteiger partial charge is 0.459 e. The van der Waals surface area contributed by atoms with Gasteiger partial charge in [0, 0.05) is 36.1 Å². The Labute approximate surface area is 194 Å². The van der Waals surface area contributed by atoms with Gasteiger partial charge in [-0.2, -0.15) is 10.2 Å². The summed E-state index contributed by atoms with van der Waals surface area (Å²) in [6.07, 6.45) is 5.15. The Morgan fingerprint density at radius 1 is 1.22 bits per heavy atom. The molecule has 1 saturated heterocycles. The first-order chi connectivity index (χ1) is 15.6. The van der Waals surface area contributed by atoms with Crippen LogP contribution in [-0.4, -0.2) is 34.9 Å². The SMILES string of the molecule is N#Cc1nc(-c2ccco2)oc1N1CCC(C(=O)N(Cc2cccc(Br)c2)C2CC2)CC1. The Bertz CT molecular complexity index is 1140. The fraction of sp³-hybridized carbons (Fsp3) is 0.375. The third-order valence-electron chi connectivity index (χ3n) is 6.09. The van der Waals surface area contributed by atoms with Crippen molar-refractivity contribution in [3.05, 3.63) is 58.4 Å². The first kappa shape index (κ1) is 20.8. The van der Waals surface area contributed by atoms with Gasteiger partial charge < -0.3 is 18.6 Å². The van der Waals surface area contributed by atoms with Crippen molar-refractivity contribution in [1.29, 1.82) is 5.26 Å². The molecule has 1 aliphatic carbocycles. The normalized spacial score (nSPS) is 16.7. The topological polar surface area (TPSA) is 86.5 Å². The summed E-state index contributed by atoms with van der Waals surface area (Å²) >= 11 is 3.52. The van der Waals surface area contributed by atoms with Gasteiger partial charge >= 0.3 is 0 Å². The average Bonchev–Trinajstić information content (AvgIpc) is 3.32. The highest BCUT2D eigenvalue weighted by Gasteiger charge is 2.37. The number of furan rings is 1. The molecule has 0 N–H and O–H groups in total. The first-order valence-electron chi connectivity index (χ1n) is 10.9. The van der Waals surface area contributed by atoms with Crippen LogP contribution in [0.25, 0.3) is 11.7 Å². The number of amides is 1. The molecule has 164 valence electrons. The molecule has 1 saturated carbocycles. The average molecular weight is 495 g/mol. The number of aromatic nitrogens is 1. The van der Waals surface area contributed by atoms with Crippen molar-refractivity contribution in [3.63, 3.8) is 0 Å². The summed E-state index contributed by atoms with van der Waals surface area (Å²) in [6.45, 7) is 1.94. The zero-order chi connectivity index (χ0) is 22.1. The van der Waals surface area contributed by atoms with E-state index < -0.39 is 0 Å². The molecule has 0 bridgehead atoms. The fourth-order valence-corrected chi connectivity index (χ4v) is 4.72. The summed E-state index contributed by atoms with van der Waals surface area (Å²) in [5.74, 6) is 1.47. The lowest BCUT2D eigenvalue weighted by Crippen LogP contribution is -2.43. The molecule has 3 heterocycles. The van der Waals surface area contributed by atoms with Crippen molar-refractivity contribution in [2.45, 2.75) is 38.3 Å². The summed E-state index contributed by atoms with van der Waals surface area (Å²) < 4.78 is 12.2. The number of anilines is 1. The molecule has 0 spiro atoms. The predicted octanol–water partition coefficient (Wildman–Crippen LogP) is 4.98. The van der Waals surface area contributed by atoms with E-state index in [2.05, 4.69) is 44.0 Å². The van der Waals surface area contributed by atoms with Gasteiger partial charge in [0.25, 0.3) is 5.89 Å². The molecule has 7 nitrogen and oxygen atoms in total. The Morgan fingerprint density at radius 3 is 2.69 bits per heavy atom. The minimum absolute atomic E-state index is 0.0167. The van der Waals surface area contributed by atoms with Crippen LogP contribution in [0, 0.1) is 17.2 Å². The maximum Gasteiger partial charge on any atom is 0.266 e. The lowest BCUT2D eigenvalue weighted by atomic mass is 9.95. The van der Waals surface area contributed by atoms with Crippen molar-refractivity contribution in [1.82, 2.24) is 9.88 Å². The number of carbonyl (C=O) groups is 1. The summed E-state index contributed by atoms with van der Waals surface area (Å²) in [6, 6.07) is 14.1. The number of oxazole rings is 1. The third kappa shape index (κ3) is 4.30. The molecule has 2 aromatic heterocycles. The van der Waals surface area contributed by atoms with E-state index in [1.54, 1.807) is 18.4 Å². The molecule has 0 unspecified atom stereocenters. The van der Waals surface area contributed by atoms with Crippen molar-refractivity contribution in [2.75, 3.05) is 18.0 Å². The molecular formula is C24H23BrN4O3. The molecular weight excluding hydrogens is 472 g/mol. The van der Waals surface area contributed by atoms with Gasteiger partial charge in [0.15, 0.2) is 5.76 Å². The number of benzene rings is 1. The van der Waals surface area contributed by atoms with E-state index in [4.69, 9.17) is 8.83 Å². The van der Waals surface area contributed by atoms with E-state index in [1.165, 1.54) is 0 Å². The van der Waals surface area contributed by atoms with E-state index in [1.807, 2.05) is 17.0 Å². The molecule has 1 aromatic carbocycles. The number of hydrogen-bond acceptors (Lipinski definition) is 6. The van der Waals surface area contributed by atoms with Crippen LogP contribution >= 0.6 is 15.9 Å². The standard InChI is InChI=1S/C24H23BrN4O3/c25-18-4-1-3-16(13-18)15-29(19-6-7-19)23(30)17-8-10-28(11-9-17)24-20(14-26)27-22(32-24)21-5-2-12-31-21/h1-5,12-13,17,19H,6-11,15H2. The molecule has 1 aliphatic heterocycles. The first-order valence-corrected chi connectivity index (χ1v) is 11.7. The summed E-state index contributed by atoms with van der Waals surface area (Å²) in [5, 5.41) is 9.51. The zero-order valence-electron chi connectivity index (χ0n) is 17.5. The van der Waals surface area contributed by atoms with Gasteiger partial charge in [0.05, 0.1) is 6.26 Å². The molecule has 2 aliphatic rings. The molecule has 5 rings (SSSR count). The van der Waals surface area contributed by atoms with E-state index in [0.717, 1.165) is 35.7 Å². The molecule has 32 heavy (non-hydrogen) atoms. The van der Waals surface area contributed by atoms with Gasteiger partial charge in [0.1, 0.15) is 6.07 Å². The number of carbonyl (C=O) groups excluding carboxylic acids is 1. The van der Waals surface area contributed by atoms with Crippen LogP contribution in [0.5, 0.6) is 0 Å². The number of hydrogen-bond donors (Lipinski definition) is 0. The van der Waals surface area contributed by atoms with E-state index in [9.17, 15) is 10.1 Å². The number of rotatable bonds is 6. The Balaban J connectivity index is 1.26. The van der Waals surface area contributed by atoms with Crippen LogP contribution in [-0.2, 0) is 11.3 Å². The highest BCUT2D eigenvalue weighted by Crippen LogP contribution is 2.34. The van der Waals surface area contributed by atoms with Gasteiger partial charge in [-0.1, -0.05) is 28.1 Å². The van der Waals surface area contributed by atoms with E-state index >= 15 is 0 Å². The quantitative estimate of drug-likeness (QED) is 0.480. The summed E-state index contributed by atoms with van der Waals surface area (Å²) in [5.41, 5.74) is 1.39. The Morgan fingerprint density at radius 2 is 2.03 bits per heavy atom. The smallest absolute Gasteiger partial charge is 0.266 e. The van der Waals surface area contributed by atoms with Crippen LogP contribution in [0.2, 0.25) is 0 Å². The van der Waals surface area contributed by atoms with Crippen LogP contribution in [0.1, 0.15) is 36.9 Å². The zero-order valence-corrected chi connectivity index (χ0v) is 19.1. The second-order valence-corrected chi connectivity index (χ2v) is 9.27. The van der Waals surface area contributed by atoms with E-state index in [0.29, 0.717) is 43.2 Å². The van der Waals surface area contributed by atoms with Gasteiger partial charge in [-0.25, -0.2) is 0 Å². The van der Waals surface area contributed by atoms with Gasteiger partial charge in [-0.3, -0.25) is 4.79 Å². The second-order valence-electron chi connectivity index (χ2n) is 8.35. The highest BCUT2D eigenvalue weighted by atomic mass is 79.9. The van der Waals surface area contributed by atoms with Crippen molar-refractivity contribution < 1.29 is 13.6 Å². The van der Waals surface area contributed by atoms with Crippen molar-refractivity contribution in [2.24, 2.45) is 5.92 Å². The van der Waals surface area contributed by atoms with Crippen LogP contribution in [0.3, 0.4) is 0 Å². The maximum absolute atomic E-state index is 13.4. The monoisotopic (exact) mass is 494 g/mol. The van der Waals surface area contributed by atoms with Gasteiger partial charge in [-0.15, -0.1) is 0 Å². The van der Waals surface area contributed by atoms with Crippen LogP contribution in [0.15, 0.2) is 56.0 Å². The Hall–Kier alpha value is -3.05. The minimum atomic E-state index is -0.0167. The number of piperidine rings is 1.